The van der Waals surface area contributed by atoms with Gasteiger partial charge in [-0.3, -0.25) is 0 Å². The number of fused-ring (bicyclic) bond motifs is 2. The van der Waals surface area contributed by atoms with Crippen LogP contribution in [-0.4, -0.2) is 25.0 Å². The monoisotopic (exact) mass is 349 g/mol. The highest BCUT2D eigenvalue weighted by molar-refractivity contribution is 6.32. The van der Waals surface area contributed by atoms with E-state index in [1.807, 2.05) is 36.4 Å². The highest BCUT2D eigenvalue weighted by Crippen LogP contribution is 2.40. The lowest BCUT2D eigenvalue weighted by Crippen LogP contribution is -2.21. The molecule has 0 atom stereocenters. The zero-order valence-electron chi connectivity index (χ0n) is 13.4. The van der Waals surface area contributed by atoms with E-state index in [0.717, 1.165) is 47.2 Å². The molecule has 2 aromatic carbocycles. The second-order valence-electron chi connectivity index (χ2n) is 5.66. The van der Waals surface area contributed by atoms with Crippen molar-refractivity contribution in [3.63, 3.8) is 0 Å². The van der Waals surface area contributed by atoms with E-state index < -0.39 is 0 Å². The molecule has 122 valence electrons. The van der Waals surface area contributed by atoms with E-state index in [0.29, 0.717) is 0 Å². The Balaban J connectivity index is 0.00000192. The highest BCUT2D eigenvalue weighted by atomic mass is 35.5. The van der Waals surface area contributed by atoms with E-state index in [9.17, 15) is 0 Å². The number of hydrogen-bond acceptors (Lipinski definition) is 2. The van der Waals surface area contributed by atoms with Crippen molar-refractivity contribution in [1.29, 1.82) is 0 Å². The lowest BCUT2D eigenvalue weighted by atomic mass is 10.0. The first-order chi connectivity index (χ1) is 10.7. The molecule has 2 aromatic rings. The van der Waals surface area contributed by atoms with Crippen LogP contribution in [0.25, 0.3) is 11.6 Å². The van der Waals surface area contributed by atoms with E-state index in [-0.39, 0.29) is 12.4 Å². The maximum Gasteiger partial charge on any atom is 0.136 e. The summed E-state index contributed by atoms with van der Waals surface area (Å²) in [6.07, 6.45) is 3.30. The molecule has 0 aliphatic carbocycles. The van der Waals surface area contributed by atoms with Crippen LogP contribution in [0.4, 0.5) is 0 Å². The molecule has 1 heterocycles. The first kappa shape index (κ1) is 17.9. The first-order valence-electron chi connectivity index (χ1n) is 7.64. The average Bonchev–Trinajstić information content (AvgIpc) is 2.65. The van der Waals surface area contributed by atoms with Gasteiger partial charge in [-0.2, -0.15) is 0 Å². The number of halogens is 2. The summed E-state index contributed by atoms with van der Waals surface area (Å²) < 4.78 is 6.10. The van der Waals surface area contributed by atoms with Crippen LogP contribution in [0.5, 0.6) is 11.5 Å². The van der Waals surface area contributed by atoms with Crippen LogP contribution < -0.4 is 4.74 Å². The molecule has 0 bridgehead atoms. The van der Waals surface area contributed by atoms with Gasteiger partial charge in [0.2, 0.25) is 0 Å². The summed E-state index contributed by atoms with van der Waals surface area (Å²) in [5.74, 6) is 1.70. The van der Waals surface area contributed by atoms with Crippen molar-refractivity contribution in [3.05, 3.63) is 58.6 Å². The molecule has 0 N–H and O–H groups in total. The third-order valence-electron chi connectivity index (χ3n) is 3.83. The second kappa shape index (κ2) is 7.87. The van der Waals surface area contributed by atoms with Gasteiger partial charge in [0.05, 0.1) is 5.02 Å². The minimum atomic E-state index is 0. The highest BCUT2D eigenvalue weighted by Gasteiger charge is 2.18. The lowest BCUT2D eigenvalue weighted by molar-refractivity contribution is 0.376. The summed E-state index contributed by atoms with van der Waals surface area (Å²) in [4.78, 5) is 2.32. The third kappa shape index (κ3) is 3.89. The quantitative estimate of drug-likeness (QED) is 0.696. The Labute approximate surface area is 149 Å². The molecular weight excluding hydrogens is 329 g/mol. The number of ether oxygens (including phenoxy) is 1. The topological polar surface area (TPSA) is 12.5 Å². The van der Waals surface area contributed by atoms with Crippen LogP contribution in [0.3, 0.4) is 0 Å². The van der Waals surface area contributed by atoms with Crippen molar-refractivity contribution in [2.45, 2.75) is 13.3 Å². The van der Waals surface area contributed by atoms with Gasteiger partial charge in [0.1, 0.15) is 11.5 Å². The van der Waals surface area contributed by atoms with E-state index in [4.69, 9.17) is 16.3 Å². The normalized spacial score (nSPS) is 12.4. The van der Waals surface area contributed by atoms with Crippen molar-refractivity contribution in [1.82, 2.24) is 4.90 Å². The SMILES string of the molecule is CCCN(C)CC1=Cc2c(Cl)cccc2Oc2ccccc21.Cl. The number of likely N-dealkylation sites (N-methyl/N-ethyl adjacent to an activating group) is 1. The Hall–Kier alpha value is -1.48. The van der Waals surface area contributed by atoms with Gasteiger partial charge in [0, 0.05) is 17.7 Å². The van der Waals surface area contributed by atoms with Crippen LogP contribution in [0.15, 0.2) is 42.5 Å². The van der Waals surface area contributed by atoms with Crippen LogP contribution in [0.2, 0.25) is 5.02 Å². The summed E-state index contributed by atoms with van der Waals surface area (Å²) in [5, 5.41) is 0.723. The number of hydrogen-bond donors (Lipinski definition) is 0. The Morgan fingerprint density at radius 2 is 1.78 bits per heavy atom. The Morgan fingerprint density at radius 3 is 2.57 bits per heavy atom. The molecule has 0 aromatic heterocycles. The number of nitrogens with zero attached hydrogens (tertiary/aromatic N) is 1. The van der Waals surface area contributed by atoms with Crippen LogP contribution >= 0.6 is 24.0 Å². The van der Waals surface area contributed by atoms with Gasteiger partial charge in [-0.1, -0.05) is 42.8 Å². The Kier molecular flexibility index (Phi) is 6.11. The van der Waals surface area contributed by atoms with Crippen molar-refractivity contribution < 1.29 is 4.74 Å². The molecular formula is C19H21Cl2NO. The molecule has 0 amide bonds. The van der Waals surface area contributed by atoms with E-state index in [2.05, 4.69) is 31.0 Å². The Morgan fingerprint density at radius 1 is 1.04 bits per heavy atom. The number of para-hydroxylation sites is 1. The Bertz CT molecular complexity index is 712. The molecule has 0 spiro atoms. The molecule has 0 saturated heterocycles. The average molecular weight is 350 g/mol. The molecule has 0 radical (unpaired) electrons. The van der Waals surface area contributed by atoms with Crippen LogP contribution in [-0.2, 0) is 0 Å². The zero-order valence-corrected chi connectivity index (χ0v) is 15.0. The van der Waals surface area contributed by atoms with Gasteiger partial charge in [0.25, 0.3) is 0 Å². The molecule has 1 aliphatic rings. The van der Waals surface area contributed by atoms with E-state index >= 15 is 0 Å². The van der Waals surface area contributed by atoms with Gasteiger partial charge in [-0.05, 0) is 49.9 Å². The maximum absolute atomic E-state index is 6.38. The summed E-state index contributed by atoms with van der Waals surface area (Å²) >= 11 is 6.38. The third-order valence-corrected chi connectivity index (χ3v) is 4.16. The van der Waals surface area contributed by atoms with Crippen LogP contribution in [0.1, 0.15) is 24.5 Å². The summed E-state index contributed by atoms with van der Waals surface area (Å²) in [6.45, 7) is 4.13. The predicted molar refractivity (Wildman–Crippen MR) is 101 cm³/mol. The maximum atomic E-state index is 6.38. The van der Waals surface area contributed by atoms with Crippen molar-refractivity contribution in [2.24, 2.45) is 0 Å². The number of benzene rings is 2. The van der Waals surface area contributed by atoms with Gasteiger partial charge in [-0.25, -0.2) is 0 Å². The van der Waals surface area contributed by atoms with Gasteiger partial charge in [-0.15, -0.1) is 12.4 Å². The van der Waals surface area contributed by atoms with E-state index in [1.54, 1.807) is 0 Å². The fraction of sp³-hybridized carbons (Fsp3) is 0.263. The van der Waals surface area contributed by atoms with Crippen molar-refractivity contribution in [3.8, 4) is 11.5 Å². The lowest BCUT2D eigenvalue weighted by Gasteiger charge is -2.18. The predicted octanol–water partition coefficient (Wildman–Crippen LogP) is 5.75. The largest absolute Gasteiger partial charge is 0.456 e. The van der Waals surface area contributed by atoms with Crippen LogP contribution in [0, 0.1) is 0 Å². The van der Waals surface area contributed by atoms with Crippen molar-refractivity contribution in [2.75, 3.05) is 20.1 Å². The van der Waals surface area contributed by atoms with Gasteiger partial charge >= 0.3 is 0 Å². The molecule has 0 unspecified atom stereocenters. The first-order valence-corrected chi connectivity index (χ1v) is 8.01. The standard InChI is InChI=1S/C19H20ClNO.ClH/c1-3-11-21(2)13-14-12-16-17(20)8-6-10-19(16)22-18-9-5-4-7-15(14)18;/h4-10,12H,3,11,13H2,1-2H3;1H. The van der Waals surface area contributed by atoms with Gasteiger partial charge in [0.15, 0.2) is 0 Å². The fourth-order valence-electron chi connectivity index (χ4n) is 2.82. The zero-order chi connectivity index (χ0) is 15.5. The fourth-order valence-corrected chi connectivity index (χ4v) is 3.04. The van der Waals surface area contributed by atoms with E-state index in [1.165, 1.54) is 5.57 Å². The molecule has 4 heteroatoms. The summed E-state index contributed by atoms with van der Waals surface area (Å²) in [6, 6.07) is 14.0. The molecule has 1 aliphatic heterocycles. The summed E-state index contributed by atoms with van der Waals surface area (Å²) in [7, 11) is 2.15. The summed E-state index contributed by atoms with van der Waals surface area (Å²) in [5.41, 5.74) is 3.33. The van der Waals surface area contributed by atoms with Gasteiger partial charge < -0.3 is 9.64 Å². The molecule has 0 fully saturated rings. The smallest absolute Gasteiger partial charge is 0.136 e. The molecule has 23 heavy (non-hydrogen) atoms. The molecule has 0 saturated carbocycles. The minimum Gasteiger partial charge on any atom is -0.456 e. The minimum absolute atomic E-state index is 0. The number of rotatable bonds is 4. The molecule has 3 rings (SSSR count). The van der Waals surface area contributed by atoms with Crippen molar-refractivity contribution >= 4 is 35.7 Å². The molecule has 2 nitrogen and oxygen atoms in total. The second-order valence-corrected chi connectivity index (χ2v) is 6.06.